The van der Waals surface area contributed by atoms with E-state index < -0.39 is 0 Å². The number of rotatable bonds is 2. The molecular weight excluding hydrogens is 178 g/mol. The standard InChI is InChI=1S/C11H13NS/c1-10-4-6-11(7-5-10)13-12-8-2-3-9-12/h2-7H,8-9H2,1H3. The van der Waals surface area contributed by atoms with E-state index in [1.165, 1.54) is 10.5 Å². The summed E-state index contributed by atoms with van der Waals surface area (Å²) in [5.74, 6) is 0. The van der Waals surface area contributed by atoms with Crippen LogP contribution in [0, 0.1) is 6.92 Å². The fourth-order valence-corrected chi connectivity index (χ4v) is 2.16. The van der Waals surface area contributed by atoms with Gasteiger partial charge in [0.25, 0.3) is 0 Å². The summed E-state index contributed by atoms with van der Waals surface area (Å²) in [6.45, 7) is 4.25. The van der Waals surface area contributed by atoms with Crippen LogP contribution in [0.25, 0.3) is 0 Å². The van der Waals surface area contributed by atoms with E-state index in [9.17, 15) is 0 Å². The summed E-state index contributed by atoms with van der Waals surface area (Å²) in [6, 6.07) is 8.67. The molecular formula is C11H13NS. The second-order valence-corrected chi connectivity index (χ2v) is 4.39. The Hall–Kier alpha value is -0.730. The first-order valence-corrected chi connectivity index (χ1v) is 5.26. The molecule has 2 rings (SSSR count). The molecule has 1 aromatic rings. The summed E-state index contributed by atoms with van der Waals surface area (Å²) < 4.78 is 2.34. The maximum atomic E-state index is 2.34. The average molecular weight is 191 g/mol. The minimum atomic E-state index is 1.07. The van der Waals surface area contributed by atoms with E-state index in [-0.39, 0.29) is 0 Å². The summed E-state index contributed by atoms with van der Waals surface area (Å²) in [4.78, 5) is 1.33. The third-order valence-electron chi connectivity index (χ3n) is 2.04. The van der Waals surface area contributed by atoms with Crippen LogP contribution in [0.15, 0.2) is 41.3 Å². The molecule has 0 radical (unpaired) electrons. The van der Waals surface area contributed by atoms with Crippen LogP contribution in [0.3, 0.4) is 0 Å². The highest BCUT2D eigenvalue weighted by Gasteiger charge is 2.06. The highest BCUT2D eigenvalue weighted by atomic mass is 32.2. The fraction of sp³-hybridized carbons (Fsp3) is 0.273. The van der Waals surface area contributed by atoms with Crippen LogP contribution in [-0.4, -0.2) is 17.4 Å². The quantitative estimate of drug-likeness (QED) is 0.522. The molecule has 1 nitrogen and oxygen atoms in total. The number of hydrogen-bond donors (Lipinski definition) is 0. The van der Waals surface area contributed by atoms with Gasteiger partial charge in [0.1, 0.15) is 0 Å². The van der Waals surface area contributed by atoms with Gasteiger partial charge in [-0.3, -0.25) is 0 Å². The Morgan fingerprint density at radius 1 is 1.08 bits per heavy atom. The van der Waals surface area contributed by atoms with Gasteiger partial charge in [-0.2, -0.15) is 0 Å². The molecule has 13 heavy (non-hydrogen) atoms. The van der Waals surface area contributed by atoms with Gasteiger partial charge in [-0.15, -0.1) is 0 Å². The van der Waals surface area contributed by atoms with Crippen molar-refractivity contribution in [2.24, 2.45) is 0 Å². The van der Waals surface area contributed by atoms with Crippen molar-refractivity contribution in [2.45, 2.75) is 11.8 Å². The van der Waals surface area contributed by atoms with Gasteiger partial charge in [0, 0.05) is 18.0 Å². The van der Waals surface area contributed by atoms with Crippen LogP contribution in [0.1, 0.15) is 5.56 Å². The SMILES string of the molecule is Cc1ccc(SN2CC=CC2)cc1. The van der Waals surface area contributed by atoms with Crippen LogP contribution in [0.2, 0.25) is 0 Å². The highest BCUT2D eigenvalue weighted by Crippen LogP contribution is 2.24. The molecule has 1 aliphatic heterocycles. The summed E-state index contributed by atoms with van der Waals surface area (Å²) in [7, 11) is 0. The molecule has 0 atom stereocenters. The summed E-state index contributed by atoms with van der Waals surface area (Å²) in [5, 5.41) is 0. The first kappa shape index (κ1) is 8.85. The molecule has 1 aromatic carbocycles. The normalized spacial score (nSPS) is 16.7. The van der Waals surface area contributed by atoms with Crippen molar-refractivity contribution in [3.63, 3.8) is 0 Å². The van der Waals surface area contributed by atoms with Crippen molar-refractivity contribution in [1.29, 1.82) is 0 Å². The molecule has 0 spiro atoms. The first-order chi connectivity index (χ1) is 6.34. The predicted octanol–water partition coefficient (Wildman–Crippen LogP) is 2.87. The molecule has 0 aliphatic carbocycles. The lowest BCUT2D eigenvalue weighted by Crippen LogP contribution is -2.09. The smallest absolute Gasteiger partial charge is 0.0277 e. The molecule has 0 N–H and O–H groups in total. The molecule has 0 bridgehead atoms. The summed E-state index contributed by atoms with van der Waals surface area (Å²) in [5.41, 5.74) is 1.32. The van der Waals surface area contributed by atoms with Crippen molar-refractivity contribution in [1.82, 2.24) is 4.31 Å². The van der Waals surface area contributed by atoms with Gasteiger partial charge in [-0.05, 0) is 31.0 Å². The molecule has 68 valence electrons. The molecule has 0 aromatic heterocycles. The van der Waals surface area contributed by atoms with Gasteiger partial charge in [-0.1, -0.05) is 29.8 Å². The number of hydrogen-bond acceptors (Lipinski definition) is 2. The number of nitrogens with zero attached hydrogens (tertiary/aromatic N) is 1. The zero-order valence-electron chi connectivity index (χ0n) is 7.73. The van der Waals surface area contributed by atoms with Gasteiger partial charge in [-0.25, -0.2) is 4.31 Å². The van der Waals surface area contributed by atoms with E-state index in [2.05, 4.69) is 47.6 Å². The van der Waals surface area contributed by atoms with Crippen LogP contribution < -0.4 is 0 Å². The number of benzene rings is 1. The van der Waals surface area contributed by atoms with Crippen LogP contribution in [0.5, 0.6) is 0 Å². The van der Waals surface area contributed by atoms with E-state index in [1.54, 1.807) is 0 Å². The lowest BCUT2D eigenvalue weighted by Gasteiger charge is -2.12. The molecule has 2 heteroatoms. The largest absolute Gasteiger partial charge is 0.239 e. The van der Waals surface area contributed by atoms with Crippen LogP contribution >= 0.6 is 11.9 Å². The first-order valence-electron chi connectivity index (χ1n) is 4.49. The Labute approximate surface area is 83.6 Å². The lowest BCUT2D eigenvalue weighted by atomic mass is 10.2. The van der Waals surface area contributed by atoms with E-state index in [0.29, 0.717) is 0 Å². The Bertz CT molecular complexity index is 294. The number of aryl methyl sites for hydroxylation is 1. The van der Waals surface area contributed by atoms with Crippen molar-refractivity contribution >= 4 is 11.9 Å². The van der Waals surface area contributed by atoms with E-state index in [1.807, 2.05) is 11.9 Å². The van der Waals surface area contributed by atoms with Crippen LogP contribution in [0.4, 0.5) is 0 Å². The minimum Gasteiger partial charge on any atom is -0.239 e. The van der Waals surface area contributed by atoms with Crippen molar-refractivity contribution in [3.05, 3.63) is 42.0 Å². The summed E-state index contributed by atoms with van der Waals surface area (Å²) >= 11 is 1.83. The zero-order valence-corrected chi connectivity index (χ0v) is 8.55. The highest BCUT2D eigenvalue weighted by molar-refractivity contribution is 7.97. The Morgan fingerprint density at radius 3 is 2.31 bits per heavy atom. The average Bonchev–Trinajstić information content (AvgIpc) is 2.62. The summed E-state index contributed by atoms with van der Waals surface area (Å²) in [6.07, 6.45) is 4.42. The molecule has 0 fully saturated rings. The monoisotopic (exact) mass is 191 g/mol. The van der Waals surface area contributed by atoms with Gasteiger partial charge in [0.05, 0.1) is 0 Å². The van der Waals surface area contributed by atoms with Gasteiger partial charge in [0.2, 0.25) is 0 Å². The second-order valence-electron chi connectivity index (χ2n) is 3.22. The second kappa shape index (κ2) is 3.99. The maximum absolute atomic E-state index is 2.34. The van der Waals surface area contributed by atoms with E-state index >= 15 is 0 Å². The van der Waals surface area contributed by atoms with Gasteiger partial charge >= 0.3 is 0 Å². The third kappa shape index (κ3) is 2.36. The van der Waals surface area contributed by atoms with Crippen molar-refractivity contribution in [2.75, 3.05) is 13.1 Å². The Morgan fingerprint density at radius 2 is 1.69 bits per heavy atom. The minimum absolute atomic E-state index is 1.07. The molecule has 0 saturated carbocycles. The molecule has 0 amide bonds. The topological polar surface area (TPSA) is 3.24 Å². The Balaban J connectivity index is 1.97. The lowest BCUT2D eigenvalue weighted by molar-refractivity contribution is 0.610. The van der Waals surface area contributed by atoms with E-state index in [0.717, 1.165) is 13.1 Å². The van der Waals surface area contributed by atoms with Gasteiger partial charge in [0.15, 0.2) is 0 Å². The van der Waals surface area contributed by atoms with Crippen molar-refractivity contribution in [3.8, 4) is 0 Å². The fourth-order valence-electron chi connectivity index (χ4n) is 1.28. The Kier molecular flexibility index (Phi) is 2.71. The maximum Gasteiger partial charge on any atom is 0.0277 e. The third-order valence-corrected chi connectivity index (χ3v) is 3.08. The molecule has 0 saturated heterocycles. The van der Waals surface area contributed by atoms with Crippen LogP contribution in [-0.2, 0) is 0 Å². The molecule has 1 aliphatic rings. The predicted molar refractivity (Wildman–Crippen MR) is 57.7 cm³/mol. The molecule has 1 heterocycles. The van der Waals surface area contributed by atoms with E-state index in [4.69, 9.17) is 0 Å². The van der Waals surface area contributed by atoms with Crippen molar-refractivity contribution < 1.29 is 0 Å². The van der Waals surface area contributed by atoms with Gasteiger partial charge < -0.3 is 0 Å². The molecule has 0 unspecified atom stereocenters. The zero-order chi connectivity index (χ0) is 9.10.